The molecule has 0 radical (unpaired) electrons. The van der Waals surface area contributed by atoms with Crippen LogP contribution in [0.1, 0.15) is 0 Å². The van der Waals surface area contributed by atoms with Gasteiger partial charge in [0.15, 0.2) is 5.65 Å². The van der Waals surface area contributed by atoms with Gasteiger partial charge in [0, 0.05) is 5.88 Å². The lowest BCUT2D eigenvalue weighted by Crippen LogP contribution is -1.94. The first-order chi connectivity index (χ1) is 5.29. The predicted molar refractivity (Wildman–Crippen MR) is 38.8 cm³/mol. The van der Waals surface area contributed by atoms with Gasteiger partial charge in [-0.3, -0.25) is 10.1 Å². The molecule has 1 N–H and O–H groups in total. The minimum atomic E-state index is -0.323. The van der Waals surface area contributed by atoms with Crippen LogP contribution >= 0.6 is 15.9 Å². The fraction of sp³-hybridized carbons (Fsp3) is 0. The largest absolute Gasteiger partial charge is 0.858 e. The summed E-state index contributed by atoms with van der Waals surface area (Å²) in [6, 6.07) is 0. The van der Waals surface area contributed by atoms with Gasteiger partial charge >= 0.3 is 0 Å². The summed E-state index contributed by atoms with van der Waals surface area (Å²) in [6.07, 6.45) is 1.19. The van der Waals surface area contributed by atoms with E-state index in [9.17, 15) is 5.11 Å². The third kappa shape index (κ3) is 0.864. The summed E-state index contributed by atoms with van der Waals surface area (Å²) in [5.41, 5.74) is 0.386. The molecule has 0 spiro atoms. The normalized spacial score (nSPS) is 10.6. The van der Waals surface area contributed by atoms with E-state index in [1.165, 1.54) is 6.33 Å². The molecule has 6 heteroatoms. The Morgan fingerprint density at radius 3 is 3.00 bits per heavy atom. The lowest BCUT2D eigenvalue weighted by molar-refractivity contribution is -0.272. The van der Waals surface area contributed by atoms with Crippen LogP contribution in [-0.2, 0) is 0 Å². The minimum Gasteiger partial charge on any atom is -0.858 e. The molecular weight excluding hydrogens is 212 g/mol. The average molecular weight is 214 g/mol. The molecule has 0 aliphatic heterocycles. The Labute approximate surface area is 69.6 Å². The maximum absolute atomic E-state index is 11.0. The smallest absolute Gasteiger partial charge is 0.184 e. The van der Waals surface area contributed by atoms with E-state index in [1.54, 1.807) is 0 Å². The van der Waals surface area contributed by atoms with Crippen LogP contribution < -0.4 is 5.11 Å². The summed E-state index contributed by atoms with van der Waals surface area (Å²) >= 11 is 3.12. The van der Waals surface area contributed by atoms with Crippen molar-refractivity contribution in [2.45, 2.75) is 0 Å². The topological polar surface area (TPSA) is 77.5 Å². The van der Waals surface area contributed by atoms with Crippen molar-refractivity contribution >= 4 is 27.0 Å². The van der Waals surface area contributed by atoms with Crippen LogP contribution in [-0.4, -0.2) is 20.2 Å². The van der Waals surface area contributed by atoms with Crippen molar-refractivity contribution in [2.24, 2.45) is 0 Å². The van der Waals surface area contributed by atoms with Gasteiger partial charge in [0.2, 0.25) is 0 Å². The van der Waals surface area contributed by atoms with Crippen LogP contribution in [0, 0.1) is 0 Å². The van der Waals surface area contributed by atoms with E-state index in [0.717, 1.165) is 0 Å². The molecule has 11 heavy (non-hydrogen) atoms. The first kappa shape index (κ1) is 6.53. The molecule has 56 valence electrons. The average Bonchev–Trinajstić information content (AvgIpc) is 2.34. The molecule has 0 aliphatic rings. The molecule has 0 unspecified atom stereocenters. The lowest BCUT2D eigenvalue weighted by atomic mass is 10.4. The number of aromatic amines is 1. The van der Waals surface area contributed by atoms with Crippen molar-refractivity contribution in [3.8, 4) is 5.88 Å². The van der Waals surface area contributed by atoms with Crippen LogP contribution in [0.2, 0.25) is 0 Å². The van der Waals surface area contributed by atoms with Gasteiger partial charge in [0.25, 0.3) is 0 Å². The molecule has 2 aromatic heterocycles. The lowest BCUT2D eigenvalue weighted by Gasteiger charge is -2.01. The van der Waals surface area contributed by atoms with Gasteiger partial charge in [-0.05, 0) is 15.9 Å². The van der Waals surface area contributed by atoms with Gasteiger partial charge in [-0.15, -0.1) is 0 Å². The number of nitrogens with one attached hydrogen (secondary N) is 1. The van der Waals surface area contributed by atoms with Gasteiger partial charge in [-0.2, -0.15) is 5.10 Å². The second kappa shape index (κ2) is 2.16. The van der Waals surface area contributed by atoms with Gasteiger partial charge in [-0.1, -0.05) is 0 Å². The zero-order valence-electron chi connectivity index (χ0n) is 5.21. The first-order valence-electron chi connectivity index (χ1n) is 2.80. The molecule has 0 saturated heterocycles. The van der Waals surface area contributed by atoms with Crippen molar-refractivity contribution in [1.29, 1.82) is 0 Å². The number of halogens is 1. The van der Waals surface area contributed by atoms with E-state index < -0.39 is 0 Å². The summed E-state index contributed by atoms with van der Waals surface area (Å²) in [6.45, 7) is 0. The highest BCUT2D eigenvalue weighted by atomic mass is 79.9. The fourth-order valence-corrected chi connectivity index (χ4v) is 1.23. The molecule has 0 saturated carbocycles. The third-order valence-electron chi connectivity index (χ3n) is 1.27. The molecule has 2 rings (SSSR count). The number of fused-ring (bicyclic) bond motifs is 1. The predicted octanol–water partition coefficient (Wildman–Crippen LogP) is 0.189. The number of rotatable bonds is 0. The monoisotopic (exact) mass is 213 g/mol. The van der Waals surface area contributed by atoms with E-state index in [-0.39, 0.29) is 5.88 Å². The zero-order valence-corrected chi connectivity index (χ0v) is 6.79. The van der Waals surface area contributed by atoms with Crippen LogP contribution in [0.15, 0.2) is 10.9 Å². The molecule has 0 bridgehead atoms. The summed E-state index contributed by atoms with van der Waals surface area (Å²) in [7, 11) is 0. The maximum Gasteiger partial charge on any atom is 0.184 e. The van der Waals surface area contributed by atoms with E-state index in [4.69, 9.17) is 0 Å². The highest BCUT2D eigenvalue weighted by Gasteiger charge is 2.02. The van der Waals surface area contributed by atoms with Crippen molar-refractivity contribution in [3.63, 3.8) is 0 Å². The Hall–Kier alpha value is -1.17. The third-order valence-corrected chi connectivity index (χ3v) is 1.85. The molecule has 0 aromatic carbocycles. The Bertz CT molecular complexity index is 398. The zero-order chi connectivity index (χ0) is 7.84. The quantitative estimate of drug-likeness (QED) is 0.678. The fourth-order valence-electron chi connectivity index (χ4n) is 0.795. The molecule has 2 heterocycles. The van der Waals surface area contributed by atoms with Gasteiger partial charge in [-0.25, -0.2) is 4.98 Å². The summed E-state index contributed by atoms with van der Waals surface area (Å²) in [4.78, 5) is 7.26. The second-order valence-electron chi connectivity index (χ2n) is 1.92. The van der Waals surface area contributed by atoms with E-state index in [0.29, 0.717) is 15.6 Å². The second-order valence-corrected chi connectivity index (χ2v) is 2.71. The highest BCUT2D eigenvalue weighted by molar-refractivity contribution is 9.10. The van der Waals surface area contributed by atoms with E-state index in [2.05, 4.69) is 36.1 Å². The Morgan fingerprint density at radius 1 is 1.45 bits per heavy atom. The van der Waals surface area contributed by atoms with Gasteiger partial charge in [0.05, 0.1) is 5.39 Å². The molecular formula is C5H2BrN4O-. The summed E-state index contributed by atoms with van der Waals surface area (Å²) in [5, 5.41) is 17.8. The molecule has 0 atom stereocenters. The van der Waals surface area contributed by atoms with Crippen molar-refractivity contribution in [2.75, 3.05) is 0 Å². The van der Waals surface area contributed by atoms with Crippen molar-refractivity contribution in [3.05, 3.63) is 10.9 Å². The van der Waals surface area contributed by atoms with Crippen LogP contribution in [0.5, 0.6) is 5.88 Å². The van der Waals surface area contributed by atoms with Crippen LogP contribution in [0.3, 0.4) is 0 Å². The molecule has 0 fully saturated rings. The van der Waals surface area contributed by atoms with Gasteiger partial charge < -0.3 is 5.11 Å². The van der Waals surface area contributed by atoms with E-state index >= 15 is 0 Å². The maximum atomic E-state index is 11.0. The highest BCUT2D eigenvalue weighted by Crippen LogP contribution is 2.23. The molecule has 0 aliphatic carbocycles. The van der Waals surface area contributed by atoms with Crippen molar-refractivity contribution < 1.29 is 5.11 Å². The Balaban J connectivity index is 2.96. The Kier molecular flexibility index (Phi) is 1.28. The van der Waals surface area contributed by atoms with Crippen LogP contribution in [0.4, 0.5) is 0 Å². The summed E-state index contributed by atoms with van der Waals surface area (Å²) < 4.78 is 0.526. The number of nitrogens with zero attached hydrogens (tertiary/aromatic N) is 3. The number of H-pyrrole nitrogens is 1. The number of aromatic nitrogens is 4. The van der Waals surface area contributed by atoms with Crippen LogP contribution in [0.25, 0.3) is 11.0 Å². The Morgan fingerprint density at radius 2 is 2.27 bits per heavy atom. The SMILES string of the molecule is [O-]c1ncnc2n[nH]c(Br)c12. The molecule has 5 nitrogen and oxygen atoms in total. The molecule has 2 aromatic rings. The number of hydrogen-bond donors (Lipinski definition) is 1. The molecule has 0 amide bonds. The number of hydrogen-bond acceptors (Lipinski definition) is 4. The van der Waals surface area contributed by atoms with E-state index in [1.807, 2.05) is 0 Å². The van der Waals surface area contributed by atoms with Gasteiger partial charge in [0.1, 0.15) is 10.9 Å². The van der Waals surface area contributed by atoms with Crippen molar-refractivity contribution in [1.82, 2.24) is 20.2 Å². The standard InChI is InChI=1S/C5H3BrN4O/c6-3-2-4(10-9-3)7-1-8-5(2)11/h1H,(H2,7,8,9,10,11)/p-1. The minimum absolute atomic E-state index is 0.323. The summed E-state index contributed by atoms with van der Waals surface area (Å²) in [5.74, 6) is -0.323. The first-order valence-corrected chi connectivity index (χ1v) is 3.60.